The van der Waals surface area contributed by atoms with Gasteiger partial charge in [0.25, 0.3) is 5.91 Å². The van der Waals surface area contributed by atoms with Crippen molar-refractivity contribution in [3.8, 4) is 11.5 Å². The first-order valence-electron chi connectivity index (χ1n) is 13.3. The summed E-state index contributed by atoms with van der Waals surface area (Å²) in [6.07, 6.45) is -3.24. The molecule has 5 rings (SSSR count). The molecule has 0 radical (unpaired) electrons. The van der Waals surface area contributed by atoms with Gasteiger partial charge in [0.05, 0.1) is 17.0 Å². The van der Waals surface area contributed by atoms with Crippen LogP contribution in [-0.2, 0) is 17.4 Å². The minimum absolute atomic E-state index is 0.00987. The third-order valence-corrected chi connectivity index (χ3v) is 6.67. The molecule has 1 heterocycles. The number of alkyl halides is 3. The lowest BCUT2D eigenvalue weighted by atomic mass is 10.1. The Bertz CT molecular complexity index is 1880. The summed E-state index contributed by atoms with van der Waals surface area (Å²) >= 11 is 5.61. The average molecular weight is 634 g/mol. The SMILES string of the molecule is O=C(Cc1ccc2ccccc2c1)NNC(=O)c1cc(Oc2ccc(NC(=O)Nc3ccc(Cl)c(C(F)(F)F)c3)cc2)ccn1. The van der Waals surface area contributed by atoms with E-state index in [0.29, 0.717) is 11.4 Å². The molecule has 45 heavy (non-hydrogen) atoms. The monoisotopic (exact) mass is 633 g/mol. The van der Waals surface area contributed by atoms with Crippen LogP contribution in [0, 0.1) is 0 Å². The maximum atomic E-state index is 13.1. The second-order valence-corrected chi connectivity index (χ2v) is 10.0. The first-order chi connectivity index (χ1) is 21.5. The molecule has 4 N–H and O–H groups in total. The van der Waals surface area contributed by atoms with Crippen LogP contribution in [0.25, 0.3) is 10.8 Å². The highest BCUT2D eigenvalue weighted by Crippen LogP contribution is 2.36. The first kappa shape index (κ1) is 30.8. The standard InChI is InChI=1S/C32H23ClF3N5O4/c33-27-12-9-23(17-26(27)32(34,35)36)39-31(44)38-22-7-10-24(11-8-22)45-25-13-14-37-28(18-25)30(43)41-40-29(42)16-19-5-6-20-3-1-2-4-21(20)15-19/h1-15,17-18H,16H2,(H,40,42)(H,41,43)(H2,38,39,44). The molecule has 0 saturated heterocycles. The van der Waals surface area contributed by atoms with E-state index < -0.39 is 34.6 Å². The Labute approximate surface area is 259 Å². The Kier molecular flexibility index (Phi) is 9.14. The highest BCUT2D eigenvalue weighted by molar-refractivity contribution is 6.31. The van der Waals surface area contributed by atoms with E-state index in [1.165, 1.54) is 48.7 Å². The van der Waals surface area contributed by atoms with Crippen molar-refractivity contribution in [2.45, 2.75) is 12.6 Å². The summed E-state index contributed by atoms with van der Waals surface area (Å²) < 4.78 is 45.0. The van der Waals surface area contributed by atoms with Gasteiger partial charge in [-0.1, -0.05) is 54.1 Å². The van der Waals surface area contributed by atoms with Crippen molar-refractivity contribution in [2.24, 2.45) is 0 Å². The van der Waals surface area contributed by atoms with E-state index in [1.54, 1.807) is 0 Å². The number of hydrazine groups is 1. The van der Waals surface area contributed by atoms with Gasteiger partial charge in [0.2, 0.25) is 5.91 Å². The molecule has 0 bridgehead atoms. The summed E-state index contributed by atoms with van der Waals surface area (Å²) in [5.74, 6) is -0.428. The summed E-state index contributed by atoms with van der Waals surface area (Å²) in [7, 11) is 0. The van der Waals surface area contributed by atoms with Crippen molar-refractivity contribution in [3.05, 3.63) is 125 Å². The summed E-state index contributed by atoms with van der Waals surface area (Å²) in [5, 5.41) is 6.41. The van der Waals surface area contributed by atoms with Crippen LogP contribution in [0.3, 0.4) is 0 Å². The number of rotatable bonds is 7. The number of aromatic nitrogens is 1. The molecule has 0 spiro atoms. The quantitative estimate of drug-likeness (QED) is 0.140. The van der Waals surface area contributed by atoms with Crippen molar-refractivity contribution >= 4 is 51.6 Å². The largest absolute Gasteiger partial charge is 0.457 e. The van der Waals surface area contributed by atoms with Gasteiger partial charge in [-0.25, -0.2) is 4.79 Å². The second-order valence-electron chi connectivity index (χ2n) is 9.64. The van der Waals surface area contributed by atoms with Gasteiger partial charge in [-0.05, 0) is 64.9 Å². The Morgan fingerprint density at radius 3 is 2.22 bits per heavy atom. The van der Waals surface area contributed by atoms with Crippen LogP contribution in [0.5, 0.6) is 11.5 Å². The molecular formula is C32H23ClF3N5O4. The molecular weight excluding hydrogens is 611 g/mol. The molecule has 228 valence electrons. The summed E-state index contributed by atoms with van der Waals surface area (Å²) in [6.45, 7) is 0. The van der Waals surface area contributed by atoms with Gasteiger partial charge in [0, 0.05) is 23.6 Å². The van der Waals surface area contributed by atoms with Crippen LogP contribution in [0.15, 0.2) is 103 Å². The van der Waals surface area contributed by atoms with Gasteiger partial charge < -0.3 is 15.4 Å². The zero-order chi connectivity index (χ0) is 32.0. The molecule has 5 aromatic rings. The number of nitrogens with zero attached hydrogens (tertiary/aromatic N) is 1. The number of urea groups is 1. The van der Waals surface area contributed by atoms with E-state index in [0.717, 1.165) is 28.5 Å². The van der Waals surface area contributed by atoms with Gasteiger partial charge in [0.15, 0.2) is 0 Å². The van der Waals surface area contributed by atoms with Crippen molar-refractivity contribution in [1.82, 2.24) is 15.8 Å². The second kappa shape index (κ2) is 13.3. The number of carbonyl (C=O) groups excluding carboxylic acids is 3. The van der Waals surface area contributed by atoms with Crippen LogP contribution in [0.2, 0.25) is 5.02 Å². The number of pyridine rings is 1. The van der Waals surface area contributed by atoms with E-state index in [2.05, 4.69) is 26.5 Å². The third kappa shape index (κ3) is 8.27. The van der Waals surface area contributed by atoms with Crippen LogP contribution in [0.1, 0.15) is 21.6 Å². The van der Waals surface area contributed by atoms with Gasteiger partial charge in [-0.3, -0.25) is 25.4 Å². The molecule has 0 saturated carbocycles. The summed E-state index contributed by atoms with van der Waals surface area (Å²) in [6, 6.07) is 24.7. The maximum absolute atomic E-state index is 13.1. The molecule has 0 atom stereocenters. The molecule has 0 fully saturated rings. The number of halogens is 4. The lowest BCUT2D eigenvalue weighted by Crippen LogP contribution is -2.42. The summed E-state index contributed by atoms with van der Waals surface area (Å²) in [4.78, 5) is 41.3. The van der Waals surface area contributed by atoms with Gasteiger partial charge in [-0.2, -0.15) is 13.2 Å². The van der Waals surface area contributed by atoms with E-state index in [9.17, 15) is 27.6 Å². The van der Waals surface area contributed by atoms with E-state index >= 15 is 0 Å². The zero-order valence-corrected chi connectivity index (χ0v) is 23.9. The Morgan fingerprint density at radius 2 is 1.47 bits per heavy atom. The van der Waals surface area contributed by atoms with Crippen LogP contribution >= 0.6 is 11.6 Å². The van der Waals surface area contributed by atoms with Gasteiger partial charge in [-0.15, -0.1) is 0 Å². The van der Waals surface area contributed by atoms with Crippen LogP contribution in [0.4, 0.5) is 29.3 Å². The molecule has 0 aliphatic rings. The predicted molar refractivity (Wildman–Crippen MR) is 163 cm³/mol. The predicted octanol–water partition coefficient (Wildman–Crippen LogP) is 7.35. The fraction of sp³-hybridized carbons (Fsp3) is 0.0625. The average Bonchev–Trinajstić information content (AvgIpc) is 3.01. The Hall–Kier alpha value is -5.62. The highest BCUT2D eigenvalue weighted by Gasteiger charge is 2.33. The zero-order valence-electron chi connectivity index (χ0n) is 23.1. The number of ether oxygens (including phenoxy) is 1. The molecule has 4 aromatic carbocycles. The number of anilines is 2. The minimum Gasteiger partial charge on any atom is -0.457 e. The van der Waals surface area contributed by atoms with Crippen molar-refractivity contribution in [2.75, 3.05) is 10.6 Å². The third-order valence-electron chi connectivity index (χ3n) is 6.34. The number of fused-ring (bicyclic) bond motifs is 1. The Balaban J connectivity index is 1.12. The first-order valence-corrected chi connectivity index (χ1v) is 13.7. The lowest BCUT2D eigenvalue weighted by molar-refractivity contribution is -0.137. The van der Waals surface area contributed by atoms with Crippen molar-refractivity contribution in [1.29, 1.82) is 0 Å². The van der Waals surface area contributed by atoms with Gasteiger partial charge in [0.1, 0.15) is 17.2 Å². The molecule has 1 aromatic heterocycles. The smallest absolute Gasteiger partial charge is 0.417 e. The van der Waals surface area contributed by atoms with Crippen LogP contribution in [-0.4, -0.2) is 22.8 Å². The molecule has 0 aliphatic heterocycles. The number of carbonyl (C=O) groups is 3. The number of amides is 4. The topological polar surface area (TPSA) is 121 Å². The summed E-state index contributed by atoms with van der Waals surface area (Å²) in [5.41, 5.74) is 4.67. The molecule has 0 aliphatic carbocycles. The van der Waals surface area contributed by atoms with E-state index in [-0.39, 0.29) is 23.6 Å². The van der Waals surface area contributed by atoms with Gasteiger partial charge >= 0.3 is 12.2 Å². The van der Waals surface area contributed by atoms with Crippen molar-refractivity contribution < 1.29 is 32.3 Å². The number of nitrogens with one attached hydrogen (secondary N) is 4. The number of hydrogen-bond acceptors (Lipinski definition) is 5. The minimum atomic E-state index is -4.67. The molecule has 0 unspecified atom stereocenters. The lowest BCUT2D eigenvalue weighted by Gasteiger charge is -2.13. The molecule has 13 heteroatoms. The van der Waals surface area contributed by atoms with Crippen LogP contribution < -0.4 is 26.2 Å². The van der Waals surface area contributed by atoms with Crippen molar-refractivity contribution in [3.63, 3.8) is 0 Å². The number of hydrogen-bond donors (Lipinski definition) is 4. The van der Waals surface area contributed by atoms with E-state index in [4.69, 9.17) is 16.3 Å². The normalized spacial score (nSPS) is 11.0. The fourth-order valence-electron chi connectivity index (χ4n) is 4.22. The number of benzene rings is 4. The van der Waals surface area contributed by atoms with E-state index in [1.807, 2.05) is 42.5 Å². The molecule has 9 nitrogen and oxygen atoms in total. The fourth-order valence-corrected chi connectivity index (χ4v) is 4.45. The maximum Gasteiger partial charge on any atom is 0.417 e. The molecule has 4 amide bonds. The highest BCUT2D eigenvalue weighted by atomic mass is 35.5. The Morgan fingerprint density at radius 1 is 0.756 bits per heavy atom.